The number of nitrogens with one attached hydrogen (secondary N) is 1. The SMILES string of the molecule is CC(C(=O)Nc1ncccn1)N1CCC(C)(CN)C1.Cl. The standard InChI is InChI=1S/C13H21N5O.ClH/c1-10(18-7-4-13(2,8-14)9-18)11(19)17-12-15-5-3-6-16-12;/h3,5-6,10H,4,7-9,14H2,1-2H3,(H,15,16,17,19);1H. The maximum absolute atomic E-state index is 12.1. The molecule has 1 aliphatic heterocycles. The van der Waals surface area contributed by atoms with Crippen LogP contribution in [0.15, 0.2) is 18.5 Å². The van der Waals surface area contributed by atoms with E-state index >= 15 is 0 Å². The maximum Gasteiger partial charge on any atom is 0.243 e. The summed E-state index contributed by atoms with van der Waals surface area (Å²) in [5, 5.41) is 2.73. The Morgan fingerprint density at radius 2 is 2.20 bits per heavy atom. The van der Waals surface area contributed by atoms with Gasteiger partial charge in [-0.2, -0.15) is 0 Å². The smallest absolute Gasteiger partial charge is 0.243 e. The molecule has 1 saturated heterocycles. The highest BCUT2D eigenvalue weighted by atomic mass is 35.5. The van der Waals surface area contributed by atoms with Gasteiger partial charge >= 0.3 is 0 Å². The zero-order valence-corrected chi connectivity index (χ0v) is 12.7. The third-order valence-corrected chi connectivity index (χ3v) is 3.81. The third kappa shape index (κ3) is 3.88. The van der Waals surface area contributed by atoms with Gasteiger partial charge in [0.1, 0.15) is 0 Å². The number of carbonyl (C=O) groups is 1. The first-order valence-electron chi connectivity index (χ1n) is 6.56. The molecule has 2 unspecified atom stereocenters. The fourth-order valence-electron chi connectivity index (χ4n) is 2.30. The van der Waals surface area contributed by atoms with Crippen LogP contribution in [-0.2, 0) is 4.79 Å². The Balaban J connectivity index is 0.00000200. The molecule has 0 spiro atoms. The molecule has 112 valence electrons. The molecule has 6 nitrogen and oxygen atoms in total. The van der Waals surface area contributed by atoms with E-state index in [-0.39, 0.29) is 29.8 Å². The molecule has 2 rings (SSSR count). The molecule has 3 N–H and O–H groups in total. The number of likely N-dealkylation sites (tertiary alicyclic amines) is 1. The van der Waals surface area contributed by atoms with Crippen LogP contribution in [0.25, 0.3) is 0 Å². The predicted molar refractivity (Wildman–Crippen MR) is 80.7 cm³/mol. The monoisotopic (exact) mass is 299 g/mol. The Hall–Kier alpha value is -1.24. The van der Waals surface area contributed by atoms with E-state index in [4.69, 9.17) is 5.73 Å². The molecule has 1 aliphatic rings. The first kappa shape index (κ1) is 16.8. The first-order valence-corrected chi connectivity index (χ1v) is 6.56. The largest absolute Gasteiger partial charge is 0.330 e. The summed E-state index contributed by atoms with van der Waals surface area (Å²) in [5.41, 5.74) is 5.91. The van der Waals surface area contributed by atoms with Gasteiger partial charge in [0, 0.05) is 18.9 Å². The van der Waals surface area contributed by atoms with Gasteiger partial charge in [-0.25, -0.2) is 9.97 Å². The molecule has 1 aromatic rings. The molecule has 0 aliphatic carbocycles. The summed E-state index contributed by atoms with van der Waals surface area (Å²) in [7, 11) is 0. The van der Waals surface area contributed by atoms with Gasteiger partial charge in [-0.15, -0.1) is 12.4 Å². The number of aromatic nitrogens is 2. The van der Waals surface area contributed by atoms with E-state index in [2.05, 4.69) is 27.1 Å². The Morgan fingerprint density at radius 1 is 1.55 bits per heavy atom. The second-order valence-electron chi connectivity index (χ2n) is 5.47. The second kappa shape index (κ2) is 6.97. The maximum atomic E-state index is 12.1. The lowest BCUT2D eigenvalue weighted by atomic mass is 9.90. The van der Waals surface area contributed by atoms with Gasteiger partial charge in [-0.1, -0.05) is 6.92 Å². The van der Waals surface area contributed by atoms with Crippen LogP contribution in [0.1, 0.15) is 20.3 Å². The molecule has 20 heavy (non-hydrogen) atoms. The van der Waals surface area contributed by atoms with Crippen LogP contribution in [0.4, 0.5) is 5.95 Å². The molecule has 1 aromatic heterocycles. The number of anilines is 1. The predicted octanol–water partition coefficient (Wildman–Crippen LogP) is 0.896. The van der Waals surface area contributed by atoms with Crippen molar-refractivity contribution in [2.24, 2.45) is 11.1 Å². The zero-order chi connectivity index (χ0) is 13.9. The number of amides is 1. The molecule has 2 atom stereocenters. The molecule has 0 bridgehead atoms. The summed E-state index contributed by atoms with van der Waals surface area (Å²) < 4.78 is 0. The van der Waals surface area contributed by atoms with Gasteiger partial charge in [0.05, 0.1) is 6.04 Å². The minimum absolute atomic E-state index is 0. The van der Waals surface area contributed by atoms with Crippen LogP contribution in [0.2, 0.25) is 0 Å². The van der Waals surface area contributed by atoms with Crippen molar-refractivity contribution in [2.75, 3.05) is 25.0 Å². The average molecular weight is 300 g/mol. The van der Waals surface area contributed by atoms with Gasteiger partial charge < -0.3 is 5.73 Å². The van der Waals surface area contributed by atoms with Crippen LogP contribution in [0.5, 0.6) is 0 Å². The summed E-state index contributed by atoms with van der Waals surface area (Å²) in [4.78, 5) is 22.3. The van der Waals surface area contributed by atoms with Crippen LogP contribution in [0, 0.1) is 5.41 Å². The summed E-state index contributed by atoms with van der Waals surface area (Å²) in [6.45, 7) is 6.48. The number of nitrogens with two attached hydrogens (primary N) is 1. The lowest BCUT2D eigenvalue weighted by Crippen LogP contribution is -2.42. The Kier molecular flexibility index (Phi) is 5.86. The van der Waals surface area contributed by atoms with E-state index in [1.165, 1.54) is 0 Å². The van der Waals surface area contributed by atoms with Gasteiger partial charge in [-0.05, 0) is 37.9 Å². The second-order valence-corrected chi connectivity index (χ2v) is 5.47. The van der Waals surface area contributed by atoms with E-state index in [0.717, 1.165) is 19.5 Å². The first-order chi connectivity index (χ1) is 9.04. The summed E-state index contributed by atoms with van der Waals surface area (Å²) in [6.07, 6.45) is 4.24. The molecule has 0 radical (unpaired) electrons. The lowest BCUT2D eigenvalue weighted by molar-refractivity contribution is -0.120. The van der Waals surface area contributed by atoms with Gasteiger partial charge in [-0.3, -0.25) is 15.0 Å². The van der Waals surface area contributed by atoms with Crippen molar-refractivity contribution in [3.63, 3.8) is 0 Å². The van der Waals surface area contributed by atoms with Crippen molar-refractivity contribution in [2.45, 2.75) is 26.3 Å². The van der Waals surface area contributed by atoms with Crippen LogP contribution >= 0.6 is 12.4 Å². The van der Waals surface area contributed by atoms with Crippen molar-refractivity contribution in [1.29, 1.82) is 0 Å². The molecular weight excluding hydrogens is 278 g/mol. The van der Waals surface area contributed by atoms with Crippen molar-refractivity contribution in [3.8, 4) is 0 Å². The Bertz CT molecular complexity index is 444. The highest BCUT2D eigenvalue weighted by molar-refractivity contribution is 5.93. The highest BCUT2D eigenvalue weighted by Gasteiger charge is 2.36. The van der Waals surface area contributed by atoms with E-state index < -0.39 is 0 Å². The quantitative estimate of drug-likeness (QED) is 0.863. The zero-order valence-electron chi connectivity index (χ0n) is 11.9. The third-order valence-electron chi connectivity index (χ3n) is 3.81. The van der Waals surface area contributed by atoms with Crippen LogP contribution in [0.3, 0.4) is 0 Å². The van der Waals surface area contributed by atoms with E-state index in [0.29, 0.717) is 12.5 Å². The Labute approximate surface area is 125 Å². The fourth-order valence-corrected chi connectivity index (χ4v) is 2.30. The molecule has 2 heterocycles. The minimum atomic E-state index is -0.197. The van der Waals surface area contributed by atoms with Gasteiger partial charge in [0.25, 0.3) is 0 Å². The van der Waals surface area contributed by atoms with Crippen molar-refractivity contribution < 1.29 is 4.79 Å². The number of hydrogen-bond donors (Lipinski definition) is 2. The van der Waals surface area contributed by atoms with Crippen molar-refractivity contribution >= 4 is 24.3 Å². The molecule has 1 amide bonds. The minimum Gasteiger partial charge on any atom is -0.330 e. The van der Waals surface area contributed by atoms with Crippen LogP contribution in [-0.4, -0.2) is 46.5 Å². The number of nitrogens with zero attached hydrogens (tertiary/aromatic N) is 3. The summed E-state index contributed by atoms with van der Waals surface area (Å²) in [6, 6.07) is 1.52. The lowest BCUT2D eigenvalue weighted by Gasteiger charge is -2.26. The van der Waals surface area contributed by atoms with Crippen molar-refractivity contribution in [3.05, 3.63) is 18.5 Å². The van der Waals surface area contributed by atoms with E-state index in [9.17, 15) is 4.79 Å². The van der Waals surface area contributed by atoms with E-state index in [1.807, 2.05) is 6.92 Å². The van der Waals surface area contributed by atoms with E-state index in [1.54, 1.807) is 18.5 Å². The molecule has 0 aromatic carbocycles. The molecular formula is C13H22ClN5O. The summed E-state index contributed by atoms with van der Waals surface area (Å²) >= 11 is 0. The van der Waals surface area contributed by atoms with Crippen LogP contribution < -0.4 is 11.1 Å². The van der Waals surface area contributed by atoms with Gasteiger partial charge in [0.2, 0.25) is 11.9 Å². The molecule has 1 fully saturated rings. The average Bonchev–Trinajstić information content (AvgIpc) is 2.82. The Morgan fingerprint density at radius 3 is 2.75 bits per heavy atom. The molecule has 0 saturated carbocycles. The molecule has 7 heteroatoms. The number of hydrogen-bond acceptors (Lipinski definition) is 5. The van der Waals surface area contributed by atoms with Gasteiger partial charge in [0.15, 0.2) is 0 Å². The number of rotatable bonds is 4. The topological polar surface area (TPSA) is 84.1 Å². The normalized spacial score (nSPS) is 23.9. The number of halogens is 1. The highest BCUT2D eigenvalue weighted by Crippen LogP contribution is 2.29. The fraction of sp³-hybridized carbons (Fsp3) is 0.615. The van der Waals surface area contributed by atoms with Crippen molar-refractivity contribution in [1.82, 2.24) is 14.9 Å². The summed E-state index contributed by atoms with van der Waals surface area (Å²) in [5.74, 6) is 0.271. The number of carbonyl (C=O) groups excluding carboxylic acids is 1.